The van der Waals surface area contributed by atoms with Crippen LogP contribution in [0.2, 0.25) is 0 Å². The van der Waals surface area contributed by atoms with Gasteiger partial charge in [-0.05, 0) is 53.3 Å². The van der Waals surface area contributed by atoms with E-state index in [9.17, 15) is 4.79 Å². The fraction of sp³-hybridized carbons (Fsp3) is 0.391. The Hall–Kier alpha value is -3.02. The molecule has 6 nitrogen and oxygen atoms in total. The van der Waals surface area contributed by atoms with E-state index < -0.39 is 0 Å². The van der Waals surface area contributed by atoms with Crippen LogP contribution in [0.5, 0.6) is 17.2 Å². The summed E-state index contributed by atoms with van der Waals surface area (Å²) >= 11 is 0. The number of ether oxygens (including phenoxy) is 3. The molecule has 0 atom stereocenters. The van der Waals surface area contributed by atoms with Gasteiger partial charge < -0.3 is 14.2 Å². The Labute approximate surface area is 172 Å². The molecule has 0 aliphatic rings. The van der Waals surface area contributed by atoms with Crippen molar-refractivity contribution in [2.24, 2.45) is 5.10 Å². The maximum Gasteiger partial charge on any atom is 0.277 e. The lowest BCUT2D eigenvalue weighted by molar-refractivity contribution is -0.123. The minimum atomic E-state index is -0.337. The predicted octanol–water partition coefficient (Wildman–Crippen LogP) is 4.31. The summed E-state index contributed by atoms with van der Waals surface area (Å²) in [7, 11) is 1.59. The van der Waals surface area contributed by atoms with Crippen molar-refractivity contribution in [3.8, 4) is 17.2 Å². The summed E-state index contributed by atoms with van der Waals surface area (Å²) in [6, 6.07) is 13.2. The second kappa shape index (κ2) is 10.5. The molecule has 0 spiro atoms. The first-order valence-electron chi connectivity index (χ1n) is 9.69. The zero-order valence-corrected chi connectivity index (χ0v) is 17.8. The molecular formula is C23H30N2O4. The fourth-order valence-corrected chi connectivity index (χ4v) is 2.51. The molecule has 0 radical (unpaired) electrons. The van der Waals surface area contributed by atoms with E-state index in [0.29, 0.717) is 23.9 Å². The van der Waals surface area contributed by atoms with Gasteiger partial charge in [-0.1, -0.05) is 39.8 Å². The van der Waals surface area contributed by atoms with Gasteiger partial charge in [-0.3, -0.25) is 4.79 Å². The summed E-state index contributed by atoms with van der Waals surface area (Å²) in [6.45, 7) is 9.00. The standard InChI is InChI=1S/C23H30N2O4/c1-6-13-28-20-12-7-17(14-21(20)27-5)15-24-25-22(26)16-29-19-10-8-18(9-11-19)23(2,3)4/h7-12,14-15H,6,13,16H2,1-5H3,(H,25,26)/b24-15-. The van der Waals surface area contributed by atoms with Crippen LogP contribution < -0.4 is 19.6 Å². The molecule has 0 saturated heterocycles. The molecule has 0 saturated carbocycles. The number of hydrogen-bond acceptors (Lipinski definition) is 5. The molecule has 2 aromatic carbocycles. The van der Waals surface area contributed by atoms with Gasteiger partial charge >= 0.3 is 0 Å². The van der Waals surface area contributed by atoms with Crippen LogP contribution in [0.4, 0.5) is 0 Å². The first-order chi connectivity index (χ1) is 13.8. The summed E-state index contributed by atoms with van der Waals surface area (Å²) in [5.74, 6) is 1.61. The largest absolute Gasteiger partial charge is 0.493 e. The molecule has 6 heteroatoms. The molecule has 2 aromatic rings. The van der Waals surface area contributed by atoms with Crippen LogP contribution in [0.25, 0.3) is 0 Å². The van der Waals surface area contributed by atoms with Crippen molar-refractivity contribution < 1.29 is 19.0 Å². The number of benzene rings is 2. The van der Waals surface area contributed by atoms with Gasteiger partial charge in [0.2, 0.25) is 0 Å². The van der Waals surface area contributed by atoms with Crippen molar-refractivity contribution in [3.05, 3.63) is 53.6 Å². The Balaban J connectivity index is 1.84. The van der Waals surface area contributed by atoms with Gasteiger partial charge in [0.25, 0.3) is 5.91 Å². The highest BCUT2D eigenvalue weighted by Gasteiger charge is 2.13. The molecule has 0 aromatic heterocycles. The normalized spacial score (nSPS) is 11.3. The molecule has 0 heterocycles. The zero-order chi connectivity index (χ0) is 21.3. The molecule has 156 valence electrons. The molecule has 2 rings (SSSR count). The Morgan fingerprint density at radius 2 is 1.79 bits per heavy atom. The predicted molar refractivity (Wildman–Crippen MR) is 115 cm³/mol. The van der Waals surface area contributed by atoms with Crippen molar-refractivity contribution >= 4 is 12.1 Å². The second-order valence-electron chi connectivity index (χ2n) is 7.61. The molecule has 0 aliphatic heterocycles. The number of amides is 1. The van der Waals surface area contributed by atoms with Crippen LogP contribution in [0.1, 0.15) is 45.2 Å². The zero-order valence-electron chi connectivity index (χ0n) is 17.8. The first-order valence-corrected chi connectivity index (χ1v) is 9.69. The molecule has 0 aliphatic carbocycles. The van der Waals surface area contributed by atoms with E-state index >= 15 is 0 Å². The van der Waals surface area contributed by atoms with Crippen LogP contribution in [0, 0.1) is 0 Å². The number of carbonyl (C=O) groups is 1. The van der Waals surface area contributed by atoms with Crippen LogP contribution in [-0.4, -0.2) is 32.4 Å². The van der Waals surface area contributed by atoms with E-state index in [4.69, 9.17) is 14.2 Å². The summed E-state index contributed by atoms with van der Waals surface area (Å²) in [4.78, 5) is 11.9. The highest BCUT2D eigenvalue weighted by Crippen LogP contribution is 2.27. The van der Waals surface area contributed by atoms with E-state index in [1.807, 2.05) is 43.3 Å². The monoisotopic (exact) mass is 398 g/mol. The average molecular weight is 399 g/mol. The number of hydrazone groups is 1. The smallest absolute Gasteiger partial charge is 0.277 e. The minimum absolute atomic E-state index is 0.0770. The van der Waals surface area contributed by atoms with Crippen molar-refractivity contribution in [1.29, 1.82) is 0 Å². The highest BCUT2D eigenvalue weighted by molar-refractivity contribution is 5.83. The lowest BCUT2D eigenvalue weighted by Gasteiger charge is -2.19. The summed E-state index contributed by atoms with van der Waals surface area (Å²) in [5.41, 5.74) is 4.52. The Kier molecular flexibility index (Phi) is 8.07. The maximum absolute atomic E-state index is 11.9. The number of rotatable bonds is 9. The number of carbonyl (C=O) groups excluding carboxylic acids is 1. The van der Waals surface area contributed by atoms with Crippen LogP contribution >= 0.6 is 0 Å². The topological polar surface area (TPSA) is 69.2 Å². The molecular weight excluding hydrogens is 368 g/mol. The Morgan fingerprint density at radius 1 is 1.07 bits per heavy atom. The first kappa shape index (κ1) is 22.3. The fourth-order valence-electron chi connectivity index (χ4n) is 2.51. The molecule has 29 heavy (non-hydrogen) atoms. The quantitative estimate of drug-likeness (QED) is 0.505. The van der Waals surface area contributed by atoms with E-state index in [0.717, 1.165) is 12.0 Å². The van der Waals surface area contributed by atoms with Crippen LogP contribution in [0.3, 0.4) is 0 Å². The highest BCUT2D eigenvalue weighted by atomic mass is 16.5. The maximum atomic E-state index is 11.9. The summed E-state index contributed by atoms with van der Waals surface area (Å²) < 4.78 is 16.5. The second-order valence-corrected chi connectivity index (χ2v) is 7.61. The summed E-state index contributed by atoms with van der Waals surface area (Å²) in [5, 5.41) is 3.97. The van der Waals surface area contributed by atoms with Gasteiger partial charge in [-0.2, -0.15) is 5.10 Å². The number of nitrogens with one attached hydrogen (secondary N) is 1. The third kappa shape index (κ3) is 7.14. The number of hydrogen-bond donors (Lipinski definition) is 1. The summed E-state index contributed by atoms with van der Waals surface area (Å²) in [6.07, 6.45) is 2.46. The van der Waals surface area contributed by atoms with E-state index in [2.05, 4.69) is 31.3 Å². The number of nitrogens with zero attached hydrogens (tertiary/aromatic N) is 1. The molecule has 1 N–H and O–H groups in total. The van der Waals surface area contributed by atoms with E-state index in [1.165, 1.54) is 5.56 Å². The van der Waals surface area contributed by atoms with Crippen LogP contribution in [0.15, 0.2) is 47.6 Å². The molecule has 1 amide bonds. The van der Waals surface area contributed by atoms with E-state index in [-0.39, 0.29) is 17.9 Å². The van der Waals surface area contributed by atoms with Crippen molar-refractivity contribution in [3.63, 3.8) is 0 Å². The lowest BCUT2D eigenvalue weighted by atomic mass is 9.87. The van der Waals surface area contributed by atoms with Crippen molar-refractivity contribution in [2.45, 2.75) is 39.5 Å². The number of methoxy groups -OCH3 is 1. The van der Waals surface area contributed by atoms with Gasteiger partial charge in [-0.25, -0.2) is 5.43 Å². The molecule has 0 unspecified atom stereocenters. The van der Waals surface area contributed by atoms with Gasteiger partial charge in [-0.15, -0.1) is 0 Å². The Morgan fingerprint density at radius 3 is 2.41 bits per heavy atom. The Bertz CT molecular complexity index is 824. The molecule has 0 bridgehead atoms. The minimum Gasteiger partial charge on any atom is -0.493 e. The van der Waals surface area contributed by atoms with Crippen molar-refractivity contribution in [1.82, 2.24) is 5.43 Å². The lowest BCUT2D eigenvalue weighted by Crippen LogP contribution is -2.24. The van der Waals surface area contributed by atoms with Gasteiger partial charge in [0.05, 0.1) is 19.9 Å². The van der Waals surface area contributed by atoms with Gasteiger partial charge in [0, 0.05) is 0 Å². The SMILES string of the molecule is CCCOc1ccc(/C=N\NC(=O)COc2ccc(C(C)(C)C)cc2)cc1OC. The third-order valence-corrected chi connectivity index (χ3v) is 4.14. The third-order valence-electron chi connectivity index (χ3n) is 4.14. The molecule has 0 fully saturated rings. The van der Waals surface area contributed by atoms with Crippen molar-refractivity contribution in [2.75, 3.05) is 20.3 Å². The van der Waals surface area contributed by atoms with E-state index in [1.54, 1.807) is 19.4 Å². The van der Waals surface area contributed by atoms with Crippen LogP contribution in [-0.2, 0) is 10.2 Å². The van der Waals surface area contributed by atoms with Gasteiger partial charge in [0.15, 0.2) is 18.1 Å². The average Bonchev–Trinajstić information content (AvgIpc) is 2.70. The van der Waals surface area contributed by atoms with Gasteiger partial charge in [0.1, 0.15) is 5.75 Å².